The number of alkyl halides is 1. The monoisotopic (exact) mass is 305 g/mol. The SMILES string of the molecule is Cc1ccnc2c1nc(C(C)Cl)n2C(C)c1ccsc1. The molecule has 3 nitrogen and oxygen atoms in total. The molecular formula is C15H16ClN3S. The lowest BCUT2D eigenvalue weighted by Gasteiger charge is -2.17. The van der Waals surface area contributed by atoms with Gasteiger partial charge in [-0.2, -0.15) is 11.3 Å². The van der Waals surface area contributed by atoms with Crippen molar-refractivity contribution in [3.63, 3.8) is 0 Å². The van der Waals surface area contributed by atoms with Gasteiger partial charge in [-0.05, 0) is 54.8 Å². The van der Waals surface area contributed by atoms with E-state index in [4.69, 9.17) is 16.6 Å². The van der Waals surface area contributed by atoms with Crippen molar-refractivity contribution in [1.29, 1.82) is 0 Å². The maximum absolute atomic E-state index is 6.33. The van der Waals surface area contributed by atoms with Crippen LogP contribution in [0.3, 0.4) is 0 Å². The lowest BCUT2D eigenvalue weighted by molar-refractivity contribution is 0.616. The fraction of sp³-hybridized carbons (Fsp3) is 0.333. The van der Waals surface area contributed by atoms with Crippen LogP contribution in [-0.4, -0.2) is 14.5 Å². The van der Waals surface area contributed by atoms with E-state index < -0.39 is 0 Å². The molecule has 0 N–H and O–H groups in total. The summed E-state index contributed by atoms with van der Waals surface area (Å²) in [7, 11) is 0. The molecule has 3 heterocycles. The van der Waals surface area contributed by atoms with E-state index in [9.17, 15) is 0 Å². The van der Waals surface area contributed by atoms with Gasteiger partial charge in [0, 0.05) is 6.20 Å². The summed E-state index contributed by atoms with van der Waals surface area (Å²) in [6.07, 6.45) is 1.83. The molecule has 0 saturated heterocycles. The lowest BCUT2D eigenvalue weighted by Crippen LogP contribution is -2.11. The molecule has 0 bridgehead atoms. The number of aromatic nitrogens is 3. The Morgan fingerprint density at radius 3 is 2.75 bits per heavy atom. The Balaban J connectivity index is 2.27. The van der Waals surface area contributed by atoms with E-state index in [2.05, 4.69) is 40.2 Å². The number of pyridine rings is 1. The largest absolute Gasteiger partial charge is 0.304 e. The van der Waals surface area contributed by atoms with Crippen LogP contribution in [0.15, 0.2) is 29.1 Å². The molecule has 0 spiro atoms. The van der Waals surface area contributed by atoms with Crippen molar-refractivity contribution in [2.45, 2.75) is 32.2 Å². The van der Waals surface area contributed by atoms with E-state index in [1.165, 1.54) is 5.56 Å². The van der Waals surface area contributed by atoms with Gasteiger partial charge in [-0.3, -0.25) is 0 Å². The van der Waals surface area contributed by atoms with Crippen LogP contribution in [0.4, 0.5) is 0 Å². The number of hydrogen-bond donors (Lipinski definition) is 0. The van der Waals surface area contributed by atoms with Crippen LogP contribution >= 0.6 is 22.9 Å². The molecule has 3 aromatic rings. The van der Waals surface area contributed by atoms with E-state index in [-0.39, 0.29) is 11.4 Å². The third-order valence-corrected chi connectivity index (χ3v) is 4.47. The number of aryl methyl sites for hydroxylation is 1. The van der Waals surface area contributed by atoms with E-state index in [0.717, 1.165) is 22.6 Å². The van der Waals surface area contributed by atoms with Gasteiger partial charge in [-0.1, -0.05) is 0 Å². The number of hydrogen-bond acceptors (Lipinski definition) is 3. The topological polar surface area (TPSA) is 30.7 Å². The van der Waals surface area contributed by atoms with E-state index in [0.29, 0.717) is 0 Å². The van der Waals surface area contributed by atoms with Gasteiger partial charge in [-0.25, -0.2) is 9.97 Å². The number of nitrogens with zero attached hydrogens (tertiary/aromatic N) is 3. The molecule has 0 aromatic carbocycles. The van der Waals surface area contributed by atoms with Gasteiger partial charge in [-0.15, -0.1) is 11.6 Å². The minimum atomic E-state index is -0.148. The zero-order chi connectivity index (χ0) is 14.3. The molecule has 5 heteroatoms. The summed E-state index contributed by atoms with van der Waals surface area (Å²) in [6, 6.07) is 4.30. The average Bonchev–Trinajstić information content (AvgIpc) is 3.06. The Morgan fingerprint density at radius 2 is 2.10 bits per heavy atom. The van der Waals surface area contributed by atoms with Crippen LogP contribution in [0.1, 0.15) is 42.2 Å². The number of thiophene rings is 1. The Bertz CT molecular complexity index is 731. The number of halogens is 1. The van der Waals surface area contributed by atoms with E-state index >= 15 is 0 Å². The summed E-state index contributed by atoms with van der Waals surface area (Å²) in [5.74, 6) is 0.877. The first-order valence-corrected chi connectivity index (χ1v) is 7.97. The Morgan fingerprint density at radius 1 is 1.30 bits per heavy atom. The molecular weight excluding hydrogens is 290 g/mol. The maximum atomic E-state index is 6.33. The van der Waals surface area contributed by atoms with Gasteiger partial charge in [0.25, 0.3) is 0 Å². The molecule has 2 atom stereocenters. The Kier molecular flexibility index (Phi) is 3.52. The van der Waals surface area contributed by atoms with Crippen LogP contribution < -0.4 is 0 Å². The molecule has 0 aliphatic heterocycles. The first kappa shape index (κ1) is 13.6. The van der Waals surface area contributed by atoms with Crippen LogP contribution in [0, 0.1) is 6.92 Å². The highest BCUT2D eigenvalue weighted by atomic mass is 35.5. The molecule has 3 aromatic heterocycles. The molecule has 3 rings (SSSR count). The van der Waals surface area contributed by atoms with Crippen LogP contribution in [0.25, 0.3) is 11.2 Å². The van der Waals surface area contributed by atoms with Gasteiger partial charge in [0.15, 0.2) is 5.65 Å². The minimum Gasteiger partial charge on any atom is -0.304 e. The highest BCUT2D eigenvalue weighted by Gasteiger charge is 2.21. The zero-order valence-electron chi connectivity index (χ0n) is 11.7. The predicted octanol–water partition coefficient (Wildman–Crippen LogP) is 4.71. The van der Waals surface area contributed by atoms with Crippen LogP contribution in [0.5, 0.6) is 0 Å². The summed E-state index contributed by atoms with van der Waals surface area (Å²) in [5, 5.41) is 4.10. The van der Waals surface area contributed by atoms with Crippen molar-refractivity contribution in [3.05, 3.63) is 46.0 Å². The summed E-state index contributed by atoms with van der Waals surface area (Å²) < 4.78 is 2.15. The predicted molar refractivity (Wildman–Crippen MR) is 84.7 cm³/mol. The van der Waals surface area contributed by atoms with Crippen molar-refractivity contribution in [3.8, 4) is 0 Å². The third kappa shape index (κ3) is 2.13. The fourth-order valence-corrected chi connectivity index (χ4v) is 3.35. The first-order chi connectivity index (χ1) is 9.59. The number of rotatable bonds is 3. The molecule has 0 radical (unpaired) electrons. The highest BCUT2D eigenvalue weighted by molar-refractivity contribution is 7.07. The number of imidazole rings is 1. The van der Waals surface area contributed by atoms with Gasteiger partial charge >= 0.3 is 0 Å². The highest BCUT2D eigenvalue weighted by Crippen LogP contribution is 2.31. The van der Waals surface area contributed by atoms with Gasteiger partial charge in [0.05, 0.1) is 11.4 Å². The maximum Gasteiger partial charge on any atom is 0.160 e. The quantitative estimate of drug-likeness (QED) is 0.656. The summed E-state index contributed by atoms with van der Waals surface area (Å²) >= 11 is 8.03. The lowest BCUT2D eigenvalue weighted by atomic mass is 10.1. The van der Waals surface area contributed by atoms with Gasteiger partial charge in [0.1, 0.15) is 11.3 Å². The summed E-state index contributed by atoms with van der Waals surface area (Å²) in [5.41, 5.74) is 4.24. The number of fused-ring (bicyclic) bond motifs is 1. The van der Waals surface area contributed by atoms with E-state index in [1.54, 1.807) is 11.3 Å². The second-order valence-corrected chi connectivity index (χ2v) is 6.42. The first-order valence-electron chi connectivity index (χ1n) is 6.59. The molecule has 2 unspecified atom stereocenters. The molecule has 0 amide bonds. The smallest absolute Gasteiger partial charge is 0.160 e. The van der Waals surface area contributed by atoms with Crippen molar-refractivity contribution < 1.29 is 0 Å². The van der Waals surface area contributed by atoms with Gasteiger partial charge < -0.3 is 4.57 Å². The normalized spacial score (nSPS) is 14.6. The fourth-order valence-electron chi connectivity index (χ4n) is 2.45. The molecule has 0 aliphatic carbocycles. The molecule has 0 saturated carbocycles. The van der Waals surface area contributed by atoms with Crippen LogP contribution in [0.2, 0.25) is 0 Å². The van der Waals surface area contributed by atoms with Crippen molar-refractivity contribution in [2.75, 3.05) is 0 Å². The van der Waals surface area contributed by atoms with Crippen LogP contribution in [-0.2, 0) is 0 Å². The Labute approximate surface area is 127 Å². The van der Waals surface area contributed by atoms with Crippen molar-refractivity contribution in [2.24, 2.45) is 0 Å². The Hall–Kier alpha value is -1.39. The van der Waals surface area contributed by atoms with Crippen molar-refractivity contribution >= 4 is 34.1 Å². The van der Waals surface area contributed by atoms with Crippen molar-refractivity contribution in [1.82, 2.24) is 14.5 Å². The second-order valence-electron chi connectivity index (χ2n) is 4.99. The van der Waals surface area contributed by atoms with Gasteiger partial charge in [0.2, 0.25) is 0 Å². The zero-order valence-corrected chi connectivity index (χ0v) is 13.2. The summed E-state index contributed by atoms with van der Waals surface area (Å²) in [4.78, 5) is 9.24. The molecule has 0 aliphatic rings. The molecule has 0 fully saturated rings. The standard InChI is InChI=1S/C15H16ClN3S/c1-9-4-6-17-15-13(9)18-14(10(2)16)19(15)11(3)12-5-7-20-8-12/h4-8,10-11H,1-3H3. The summed E-state index contributed by atoms with van der Waals surface area (Å²) in [6.45, 7) is 6.17. The average molecular weight is 306 g/mol. The third-order valence-electron chi connectivity index (χ3n) is 3.58. The second kappa shape index (κ2) is 5.19. The molecule has 20 heavy (non-hydrogen) atoms. The minimum absolute atomic E-state index is 0.148. The van der Waals surface area contributed by atoms with E-state index in [1.807, 2.05) is 19.2 Å². The molecule has 104 valence electrons.